The van der Waals surface area contributed by atoms with Gasteiger partial charge in [-0.2, -0.15) is 18.4 Å². The molecule has 2 aliphatic rings. The number of nitrogens with two attached hydrogens (primary N) is 1. The van der Waals surface area contributed by atoms with E-state index in [1.165, 1.54) is 23.4 Å². The third-order valence-electron chi connectivity index (χ3n) is 6.40. The Morgan fingerprint density at radius 1 is 1.18 bits per heavy atom. The van der Waals surface area contributed by atoms with E-state index in [9.17, 15) is 18.0 Å². The molecule has 16 heteroatoms. The lowest BCUT2D eigenvalue weighted by Gasteiger charge is -2.23. The lowest BCUT2D eigenvalue weighted by atomic mass is 10.1. The van der Waals surface area contributed by atoms with Gasteiger partial charge in [-0.3, -0.25) is 18.3 Å². The highest BCUT2D eigenvalue weighted by Crippen LogP contribution is 2.38. The van der Waals surface area contributed by atoms with Gasteiger partial charge in [-0.25, -0.2) is 10.1 Å². The van der Waals surface area contributed by atoms with Crippen molar-refractivity contribution in [3.8, 4) is 0 Å². The molecule has 3 aromatic rings. The number of nitrogens with zero attached hydrogens (tertiary/aromatic N) is 4. The molecule has 3 heterocycles. The van der Waals surface area contributed by atoms with Gasteiger partial charge in [0.2, 0.25) is 5.28 Å². The van der Waals surface area contributed by atoms with Crippen LogP contribution in [0.5, 0.6) is 0 Å². The van der Waals surface area contributed by atoms with Crippen molar-refractivity contribution in [3.63, 3.8) is 0 Å². The molecular weight excluding hydrogens is 556 g/mol. The molecule has 1 aliphatic carbocycles. The SMILES string of the molecule is CC(=O)O[C@@H]1[C@H](OC(C)=O)[C@@H](COS(N)(=O)=O)O[C@H]1n1cnc2c(N[C@H]3CCc4ccccc43)nc(Cl)nc21. The quantitative estimate of drug-likeness (QED) is 0.289. The third-order valence-corrected chi connectivity index (χ3v) is 7.03. The van der Waals surface area contributed by atoms with Gasteiger partial charge < -0.3 is 19.5 Å². The van der Waals surface area contributed by atoms with Gasteiger partial charge in [0, 0.05) is 13.8 Å². The number of aryl methyl sites for hydroxylation is 1. The number of ether oxygens (including phenoxy) is 3. The molecule has 1 fully saturated rings. The fraction of sp³-hybridized carbons (Fsp3) is 0.435. The number of fused-ring (bicyclic) bond motifs is 2. The Morgan fingerprint density at radius 2 is 1.90 bits per heavy atom. The first-order chi connectivity index (χ1) is 18.5. The molecule has 0 amide bonds. The second-order valence-corrected chi connectivity index (χ2v) is 10.6. The van der Waals surface area contributed by atoms with Crippen molar-refractivity contribution in [2.75, 3.05) is 11.9 Å². The Balaban J connectivity index is 1.51. The maximum Gasteiger partial charge on any atom is 0.333 e. The summed E-state index contributed by atoms with van der Waals surface area (Å²) in [6.07, 6.45) is -1.64. The van der Waals surface area contributed by atoms with E-state index in [0.717, 1.165) is 25.3 Å². The average molecular weight is 581 g/mol. The summed E-state index contributed by atoms with van der Waals surface area (Å²) in [7, 11) is -4.35. The van der Waals surface area contributed by atoms with Crippen LogP contribution >= 0.6 is 11.6 Å². The predicted octanol–water partition coefficient (Wildman–Crippen LogP) is 1.56. The van der Waals surface area contributed by atoms with E-state index in [1.807, 2.05) is 18.2 Å². The Morgan fingerprint density at radius 3 is 2.62 bits per heavy atom. The number of carbonyl (C=O) groups excluding carboxylic acids is 2. The summed E-state index contributed by atoms with van der Waals surface area (Å²) in [4.78, 5) is 37.0. The molecule has 2 aromatic heterocycles. The number of nitrogens with one attached hydrogen (secondary N) is 1. The molecule has 14 nitrogen and oxygen atoms in total. The number of benzene rings is 1. The van der Waals surface area contributed by atoms with Crippen molar-refractivity contribution in [3.05, 3.63) is 47.0 Å². The van der Waals surface area contributed by atoms with Crippen molar-refractivity contribution >= 4 is 50.8 Å². The maximum absolute atomic E-state index is 12.0. The number of anilines is 1. The zero-order valence-corrected chi connectivity index (χ0v) is 22.4. The minimum atomic E-state index is -4.35. The van der Waals surface area contributed by atoms with Gasteiger partial charge in [-0.1, -0.05) is 24.3 Å². The number of hydrogen-bond acceptors (Lipinski definition) is 12. The van der Waals surface area contributed by atoms with Crippen LogP contribution in [-0.2, 0) is 44.7 Å². The number of aromatic nitrogens is 4. The van der Waals surface area contributed by atoms with Crippen LogP contribution in [0.25, 0.3) is 11.2 Å². The smallest absolute Gasteiger partial charge is 0.333 e. The number of halogens is 1. The normalized spacial score (nSPS) is 24.5. The maximum atomic E-state index is 12.0. The summed E-state index contributed by atoms with van der Waals surface area (Å²) < 4.78 is 45.8. The first kappa shape index (κ1) is 27.2. The fourth-order valence-corrected chi connectivity index (χ4v) is 5.42. The molecule has 208 valence electrons. The van der Waals surface area contributed by atoms with Crippen molar-refractivity contribution < 1.29 is 36.4 Å². The van der Waals surface area contributed by atoms with Gasteiger partial charge in [-0.05, 0) is 35.6 Å². The molecule has 0 radical (unpaired) electrons. The Hall–Kier alpha value is -3.37. The second-order valence-electron chi connectivity index (χ2n) is 9.09. The van der Waals surface area contributed by atoms with E-state index >= 15 is 0 Å². The Bertz CT molecular complexity index is 1530. The number of esters is 2. The lowest BCUT2D eigenvalue weighted by Crippen LogP contribution is -2.41. The molecule has 1 aliphatic heterocycles. The van der Waals surface area contributed by atoms with Crippen LogP contribution in [0.3, 0.4) is 0 Å². The zero-order valence-electron chi connectivity index (χ0n) is 20.8. The standard InChI is InChI=1S/C23H25ClN6O8S/c1-11(31)36-18-16(9-35-39(25,33)34)38-22(19(18)37-12(2)32)30-10-26-17-20(28-23(24)29-21(17)30)27-15-8-7-13-5-3-4-6-14(13)15/h3-6,10,15-16,18-19,22H,7-9H2,1-2H3,(H2,25,33,34)(H,27,28,29)/t15-,16+,18+,19+,22+/m0/s1. The molecule has 39 heavy (non-hydrogen) atoms. The monoisotopic (exact) mass is 580 g/mol. The number of carbonyl (C=O) groups is 2. The van der Waals surface area contributed by atoms with Crippen molar-refractivity contribution in [1.82, 2.24) is 19.5 Å². The topological polar surface area (TPSA) is 187 Å². The summed E-state index contributed by atoms with van der Waals surface area (Å²) in [6.45, 7) is 1.71. The third kappa shape index (κ3) is 5.81. The van der Waals surface area contributed by atoms with Gasteiger partial charge in [0.1, 0.15) is 6.10 Å². The summed E-state index contributed by atoms with van der Waals surface area (Å²) in [6, 6.07) is 8.07. The molecular formula is C23H25ClN6O8S. The van der Waals surface area contributed by atoms with E-state index in [2.05, 4.69) is 30.5 Å². The number of hydrogen-bond donors (Lipinski definition) is 2. The molecule has 5 atom stereocenters. The Labute approximate surface area is 228 Å². The van der Waals surface area contributed by atoms with Crippen molar-refractivity contribution in [2.45, 2.75) is 57.3 Å². The van der Waals surface area contributed by atoms with Crippen molar-refractivity contribution in [1.29, 1.82) is 0 Å². The van der Waals surface area contributed by atoms with Crippen molar-refractivity contribution in [2.24, 2.45) is 5.14 Å². The number of imidazole rings is 1. The highest BCUT2D eigenvalue weighted by molar-refractivity contribution is 7.84. The first-order valence-corrected chi connectivity index (χ1v) is 13.8. The first-order valence-electron chi connectivity index (χ1n) is 11.9. The van der Waals surface area contributed by atoms with Crippen LogP contribution in [0.2, 0.25) is 5.28 Å². The summed E-state index contributed by atoms with van der Waals surface area (Å²) in [5.74, 6) is -1.03. The molecule has 5 rings (SSSR count). The van der Waals surface area contributed by atoms with E-state index in [4.69, 9.17) is 31.0 Å². The fourth-order valence-electron chi connectivity index (χ4n) is 4.93. The van der Waals surface area contributed by atoms with Crippen LogP contribution in [0.15, 0.2) is 30.6 Å². The van der Waals surface area contributed by atoms with E-state index in [0.29, 0.717) is 11.3 Å². The van der Waals surface area contributed by atoms with Crippen LogP contribution in [-0.4, -0.2) is 64.8 Å². The second kappa shape index (κ2) is 10.7. The van der Waals surface area contributed by atoms with E-state index < -0.39 is 53.4 Å². The number of rotatable bonds is 8. The molecule has 0 bridgehead atoms. The van der Waals surface area contributed by atoms with E-state index in [1.54, 1.807) is 0 Å². The molecule has 0 spiro atoms. The summed E-state index contributed by atoms with van der Waals surface area (Å²) in [5.41, 5.74) is 2.99. The summed E-state index contributed by atoms with van der Waals surface area (Å²) >= 11 is 6.29. The summed E-state index contributed by atoms with van der Waals surface area (Å²) in [5, 5.41) is 8.28. The van der Waals surface area contributed by atoms with Crippen LogP contribution < -0.4 is 10.5 Å². The van der Waals surface area contributed by atoms with E-state index in [-0.39, 0.29) is 17.0 Å². The minimum absolute atomic E-state index is 0.0230. The average Bonchev–Trinajstić information content (AvgIpc) is 3.53. The van der Waals surface area contributed by atoms with Crippen LogP contribution in [0, 0.1) is 0 Å². The molecule has 1 saturated heterocycles. The molecule has 0 unspecified atom stereocenters. The minimum Gasteiger partial charge on any atom is -0.456 e. The van der Waals surface area contributed by atoms with Gasteiger partial charge in [0.25, 0.3) is 0 Å². The van der Waals surface area contributed by atoms with Crippen LogP contribution in [0.4, 0.5) is 5.82 Å². The van der Waals surface area contributed by atoms with Gasteiger partial charge in [0.15, 0.2) is 35.4 Å². The molecule has 1 aromatic carbocycles. The van der Waals surface area contributed by atoms with Gasteiger partial charge in [0.05, 0.1) is 19.0 Å². The zero-order chi connectivity index (χ0) is 27.9. The Kier molecular flexibility index (Phi) is 7.43. The highest BCUT2D eigenvalue weighted by atomic mass is 35.5. The molecule has 0 saturated carbocycles. The van der Waals surface area contributed by atoms with Crippen LogP contribution in [0.1, 0.15) is 43.7 Å². The highest BCUT2D eigenvalue weighted by Gasteiger charge is 2.51. The predicted molar refractivity (Wildman–Crippen MR) is 136 cm³/mol. The lowest BCUT2D eigenvalue weighted by molar-refractivity contribution is -0.165. The largest absolute Gasteiger partial charge is 0.456 e. The van der Waals surface area contributed by atoms with Gasteiger partial charge >= 0.3 is 22.2 Å². The molecule has 3 N–H and O–H groups in total. The van der Waals surface area contributed by atoms with Gasteiger partial charge in [-0.15, -0.1) is 0 Å².